The summed E-state index contributed by atoms with van der Waals surface area (Å²) in [6, 6.07) is 13.9. The van der Waals surface area contributed by atoms with Crippen molar-refractivity contribution in [3.63, 3.8) is 0 Å². The summed E-state index contributed by atoms with van der Waals surface area (Å²) in [5.41, 5.74) is 3.64. The minimum absolute atomic E-state index is 0.184. The van der Waals surface area contributed by atoms with Gasteiger partial charge >= 0.3 is 0 Å². The minimum atomic E-state index is 0.184. The first kappa shape index (κ1) is 12.8. The van der Waals surface area contributed by atoms with E-state index in [1.807, 2.05) is 48.5 Å². The number of aromatic amines is 1. The molecule has 4 heteroatoms. The highest BCUT2D eigenvalue weighted by Crippen LogP contribution is 2.27. The molecule has 1 aliphatic rings. The quantitative estimate of drug-likeness (QED) is 0.747. The number of nitrogens with one attached hydrogen (secondary N) is 1. The van der Waals surface area contributed by atoms with Gasteiger partial charge in [0.1, 0.15) is 0 Å². The first-order chi connectivity index (χ1) is 10.8. The van der Waals surface area contributed by atoms with Gasteiger partial charge in [-0.2, -0.15) is 10.2 Å². The average Bonchev–Trinajstić information content (AvgIpc) is 3.08. The van der Waals surface area contributed by atoms with E-state index in [4.69, 9.17) is 0 Å². The Morgan fingerprint density at radius 3 is 2.86 bits per heavy atom. The second-order valence-electron chi connectivity index (χ2n) is 5.35. The second-order valence-corrected chi connectivity index (χ2v) is 5.35. The van der Waals surface area contributed by atoms with Crippen LogP contribution in [0.2, 0.25) is 0 Å². The zero-order valence-electron chi connectivity index (χ0n) is 12.2. The Hall–Kier alpha value is -2.88. The SMILES string of the molecule is CCC1=c2ccc(=Cc3c(O)[nH]c4ccccc34)cc2N=N1. The number of para-hydroxylation sites is 1. The Morgan fingerprint density at radius 1 is 1.14 bits per heavy atom. The number of hydrogen-bond donors (Lipinski definition) is 2. The molecule has 0 aliphatic carbocycles. The maximum absolute atomic E-state index is 10.1. The van der Waals surface area contributed by atoms with Crippen molar-refractivity contribution >= 4 is 28.4 Å². The third-order valence-electron chi connectivity index (χ3n) is 3.98. The largest absolute Gasteiger partial charge is 0.494 e. The number of azo groups is 1. The van der Waals surface area contributed by atoms with Gasteiger partial charge in [-0.15, -0.1) is 0 Å². The van der Waals surface area contributed by atoms with Crippen LogP contribution in [-0.4, -0.2) is 10.1 Å². The highest BCUT2D eigenvalue weighted by molar-refractivity contribution is 5.91. The van der Waals surface area contributed by atoms with E-state index in [0.717, 1.165) is 44.7 Å². The molecule has 3 aromatic rings. The number of aromatic nitrogens is 1. The topological polar surface area (TPSA) is 60.7 Å². The van der Waals surface area contributed by atoms with Crippen molar-refractivity contribution in [3.8, 4) is 5.88 Å². The molecule has 0 atom stereocenters. The third-order valence-corrected chi connectivity index (χ3v) is 3.98. The number of aromatic hydroxyl groups is 1. The van der Waals surface area contributed by atoms with Crippen LogP contribution in [-0.2, 0) is 0 Å². The standard InChI is InChI=1S/C18H15N3O/c1-2-15-13-8-7-11(10-17(13)21-20-15)9-14-12-5-3-4-6-16(12)19-18(14)22/h3-10,19,22H,2H2,1H3. The molecule has 0 spiro atoms. The van der Waals surface area contributed by atoms with Crippen molar-refractivity contribution in [3.05, 3.63) is 58.5 Å². The average molecular weight is 289 g/mol. The Bertz CT molecular complexity index is 1030. The fraction of sp³-hybridized carbons (Fsp3) is 0.111. The first-order valence-corrected chi connectivity index (χ1v) is 7.32. The maximum atomic E-state index is 10.1. The highest BCUT2D eigenvalue weighted by Gasteiger charge is 2.09. The van der Waals surface area contributed by atoms with E-state index in [0.29, 0.717) is 0 Å². The fourth-order valence-electron chi connectivity index (χ4n) is 2.86. The van der Waals surface area contributed by atoms with Gasteiger partial charge in [-0.3, -0.25) is 0 Å². The van der Waals surface area contributed by atoms with E-state index in [1.54, 1.807) is 0 Å². The number of H-pyrrole nitrogens is 1. The van der Waals surface area contributed by atoms with Crippen LogP contribution in [0.1, 0.15) is 18.9 Å². The van der Waals surface area contributed by atoms with Crippen LogP contribution in [0.25, 0.3) is 22.7 Å². The number of fused-ring (bicyclic) bond motifs is 2. The Morgan fingerprint density at radius 2 is 2.00 bits per heavy atom. The summed E-state index contributed by atoms with van der Waals surface area (Å²) in [5, 5.41) is 21.7. The second kappa shape index (κ2) is 4.84. The van der Waals surface area contributed by atoms with Crippen LogP contribution < -0.4 is 10.4 Å². The molecular formula is C18H15N3O. The summed E-state index contributed by atoms with van der Waals surface area (Å²) < 4.78 is 0. The van der Waals surface area contributed by atoms with Crippen LogP contribution in [0.3, 0.4) is 0 Å². The van der Waals surface area contributed by atoms with Crippen molar-refractivity contribution in [2.45, 2.75) is 13.3 Å². The van der Waals surface area contributed by atoms with E-state index < -0.39 is 0 Å². The summed E-state index contributed by atoms with van der Waals surface area (Å²) in [4.78, 5) is 2.99. The molecular weight excluding hydrogens is 274 g/mol. The first-order valence-electron chi connectivity index (χ1n) is 7.32. The van der Waals surface area contributed by atoms with Crippen LogP contribution in [0, 0.1) is 0 Å². The molecule has 0 bridgehead atoms. The third kappa shape index (κ3) is 1.92. The summed E-state index contributed by atoms with van der Waals surface area (Å²) in [7, 11) is 0. The van der Waals surface area contributed by atoms with Gasteiger partial charge in [0.25, 0.3) is 0 Å². The Labute approximate surface area is 127 Å². The van der Waals surface area contributed by atoms with Crippen molar-refractivity contribution < 1.29 is 5.11 Å². The Balaban J connectivity index is 1.92. The lowest BCUT2D eigenvalue weighted by Gasteiger charge is -1.94. The molecule has 0 amide bonds. The molecule has 2 N–H and O–H groups in total. The van der Waals surface area contributed by atoms with Gasteiger partial charge in [-0.25, -0.2) is 0 Å². The van der Waals surface area contributed by atoms with Crippen molar-refractivity contribution in [1.82, 2.24) is 4.98 Å². The van der Waals surface area contributed by atoms with Gasteiger partial charge in [-0.05, 0) is 29.8 Å². The molecule has 0 radical (unpaired) electrons. The maximum Gasteiger partial charge on any atom is 0.196 e. The lowest BCUT2D eigenvalue weighted by Crippen LogP contribution is -2.08. The van der Waals surface area contributed by atoms with Crippen molar-refractivity contribution in [2.75, 3.05) is 0 Å². The number of rotatable bonds is 2. The lowest BCUT2D eigenvalue weighted by atomic mass is 10.1. The van der Waals surface area contributed by atoms with Gasteiger partial charge in [0, 0.05) is 21.7 Å². The molecule has 1 aliphatic heterocycles. The molecule has 4 nitrogen and oxygen atoms in total. The molecule has 22 heavy (non-hydrogen) atoms. The molecule has 108 valence electrons. The molecule has 0 unspecified atom stereocenters. The summed E-state index contributed by atoms with van der Waals surface area (Å²) in [6.07, 6.45) is 2.84. The normalized spacial score (nSPS) is 14.0. The highest BCUT2D eigenvalue weighted by atomic mass is 16.3. The van der Waals surface area contributed by atoms with Crippen molar-refractivity contribution in [1.29, 1.82) is 0 Å². The fourth-order valence-corrected chi connectivity index (χ4v) is 2.86. The summed E-state index contributed by atoms with van der Waals surface area (Å²) >= 11 is 0. The smallest absolute Gasteiger partial charge is 0.196 e. The zero-order chi connectivity index (χ0) is 15.1. The molecule has 0 saturated carbocycles. The number of hydrogen-bond acceptors (Lipinski definition) is 3. The molecule has 4 rings (SSSR count). The predicted molar refractivity (Wildman–Crippen MR) is 87.4 cm³/mol. The monoisotopic (exact) mass is 289 g/mol. The molecule has 2 heterocycles. The van der Waals surface area contributed by atoms with E-state index in [1.165, 1.54) is 0 Å². The predicted octanol–water partition coefficient (Wildman–Crippen LogP) is 3.32. The van der Waals surface area contributed by atoms with Gasteiger partial charge < -0.3 is 10.1 Å². The molecule has 0 saturated heterocycles. The van der Waals surface area contributed by atoms with E-state index in [2.05, 4.69) is 22.1 Å². The van der Waals surface area contributed by atoms with Crippen molar-refractivity contribution in [2.24, 2.45) is 10.2 Å². The Kier molecular flexibility index (Phi) is 2.82. The summed E-state index contributed by atoms with van der Waals surface area (Å²) in [5.74, 6) is 0.184. The number of benzene rings is 2. The number of nitrogens with zero attached hydrogens (tertiary/aromatic N) is 2. The van der Waals surface area contributed by atoms with Crippen LogP contribution in [0.4, 0.5) is 5.69 Å². The molecule has 0 fully saturated rings. The minimum Gasteiger partial charge on any atom is -0.494 e. The molecule has 1 aromatic heterocycles. The van der Waals surface area contributed by atoms with Gasteiger partial charge in [0.05, 0.1) is 11.4 Å². The zero-order valence-corrected chi connectivity index (χ0v) is 12.2. The lowest BCUT2D eigenvalue weighted by molar-refractivity contribution is 0.457. The van der Waals surface area contributed by atoms with Crippen LogP contribution in [0.15, 0.2) is 52.7 Å². The van der Waals surface area contributed by atoms with Crippen LogP contribution >= 0.6 is 0 Å². The van der Waals surface area contributed by atoms with Crippen LogP contribution in [0.5, 0.6) is 5.88 Å². The van der Waals surface area contributed by atoms with E-state index in [-0.39, 0.29) is 5.88 Å². The summed E-state index contributed by atoms with van der Waals surface area (Å²) in [6.45, 7) is 2.08. The van der Waals surface area contributed by atoms with Gasteiger partial charge in [-0.1, -0.05) is 37.3 Å². The van der Waals surface area contributed by atoms with E-state index in [9.17, 15) is 5.11 Å². The molecule has 2 aromatic carbocycles. The van der Waals surface area contributed by atoms with E-state index >= 15 is 0 Å². The van der Waals surface area contributed by atoms with Gasteiger partial charge in [0.2, 0.25) is 0 Å². The van der Waals surface area contributed by atoms with Gasteiger partial charge in [0.15, 0.2) is 5.88 Å².